The van der Waals surface area contributed by atoms with Crippen molar-refractivity contribution in [2.45, 2.75) is 42.8 Å². The molecule has 2 aromatic rings. The highest BCUT2D eigenvalue weighted by atomic mass is 31.0. The van der Waals surface area contributed by atoms with Gasteiger partial charge in [-0.25, -0.2) is 0 Å². The monoisotopic (exact) mass is 360 g/mol. The number of benzene rings is 2. The molecule has 0 fully saturated rings. The highest BCUT2D eigenvalue weighted by molar-refractivity contribution is 7.17. The van der Waals surface area contributed by atoms with E-state index in [2.05, 4.69) is 73.1 Å². The van der Waals surface area contributed by atoms with Crippen molar-refractivity contribution in [1.82, 2.24) is 0 Å². The van der Waals surface area contributed by atoms with Gasteiger partial charge < -0.3 is 9.84 Å². The van der Waals surface area contributed by atoms with Crippen LogP contribution in [0, 0.1) is 0 Å². The van der Waals surface area contributed by atoms with Gasteiger partial charge in [0.15, 0.2) is 0 Å². The molecule has 3 rings (SSSR count). The average Bonchev–Trinajstić information content (AvgIpc) is 2.61. The number of ether oxygens (including phenoxy) is 1. The molecule has 1 N–H and O–H groups in total. The second-order valence-corrected chi connectivity index (χ2v) is 7.72. The first-order chi connectivity index (χ1) is 11.6. The summed E-state index contributed by atoms with van der Waals surface area (Å²) in [6.07, 6.45) is 1.90. The molecule has 0 heterocycles. The van der Waals surface area contributed by atoms with E-state index in [1.54, 1.807) is 0 Å². The van der Waals surface area contributed by atoms with E-state index >= 15 is 0 Å². The van der Waals surface area contributed by atoms with Crippen molar-refractivity contribution in [2.75, 3.05) is 6.61 Å². The molecule has 0 bridgehead atoms. The first kappa shape index (κ1) is 18.0. The smallest absolute Gasteiger partial charge is 0.0844 e. The fraction of sp³-hybridized carbons (Fsp3) is 0.400. The van der Waals surface area contributed by atoms with Crippen LogP contribution in [-0.4, -0.2) is 23.4 Å². The van der Waals surface area contributed by atoms with E-state index in [1.807, 2.05) is 6.92 Å². The molecule has 1 aliphatic rings. The van der Waals surface area contributed by atoms with Crippen molar-refractivity contribution < 1.29 is 9.84 Å². The minimum Gasteiger partial charge on any atom is -0.389 e. The Morgan fingerprint density at radius 2 is 1.79 bits per heavy atom. The van der Waals surface area contributed by atoms with E-state index in [9.17, 15) is 5.11 Å². The topological polar surface area (TPSA) is 29.5 Å². The molecule has 0 saturated heterocycles. The third kappa shape index (κ3) is 3.06. The van der Waals surface area contributed by atoms with Crippen LogP contribution in [0.5, 0.6) is 0 Å². The lowest BCUT2D eigenvalue weighted by Gasteiger charge is -2.46. The number of aliphatic hydroxyl groups excluding tert-OH is 1. The van der Waals surface area contributed by atoms with Gasteiger partial charge in [-0.1, -0.05) is 54.6 Å². The Bertz CT molecular complexity index is 674. The molecule has 6 atom stereocenters. The van der Waals surface area contributed by atoms with Gasteiger partial charge in [-0.2, -0.15) is 0 Å². The number of hydrogen-bond donors (Lipinski definition) is 1. The van der Waals surface area contributed by atoms with Crippen molar-refractivity contribution in [3.8, 4) is 0 Å². The molecule has 0 aromatic heterocycles. The van der Waals surface area contributed by atoms with Crippen LogP contribution < -0.4 is 0 Å². The molecule has 0 radical (unpaired) electrons. The third-order valence-corrected chi connectivity index (χ3v) is 6.45. The second-order valence-electron chi connectivity index (χ2n) is 6.44. The molecule has 128 valence electrons. The first-order valence-corrected chi connectivity index (χ1v) is 9.90. The summed E-state index contributed by atoms with van der Waals surface area (Å²) in [7, 11) is 5.48. The van der Waals surface area contributed by atoms with Crippen LogP contribution in [0.2, 0.25) is 0 Å². The Morgan fingerprint density at radius 3 is 2.46 bits per heavy atom. The fourth-order valence-corrected chi connectivity index (χ4v) is 5.20. The Balaban J connectivity index is 2.21. The van der Waals surface area contributed by atoms with Gasteiger partial charge in [0.2, 0.25) is 0 Å². The largest absolute Gasteiger partial charge is 0.389 e. The lowest BCUT2D eigenvalue weighted by molar-refractivity contribution is 0.0666. The first-order valence-electron chi connectivity index (χ1n) is 8.57. The molecule has 0 aliphatic heterocycles. The molecule has 4 heteroatoms. The molecule has 2 aromatic carbocycles. The highest BCUT2D eigenvalue weighted by Gasteiger charge is 2.46. The van der Waals surface area contributed by atoms with Crippen LogP contribution in [0.3, 0.4) is 0 Å². The van der Waals surface area contributed by atoms with Gasteiger partial charge in [-0.15, -0.1) is 18.5 Å². The Kier molecular flexibility index (Phi) is 5.73. The van der Waals surface area contributed by atoms with E-state index in [0.717, 1.165) is 12.8 Å². The van der Waals surface area contributed by atoms with Gasteiger partial charge in [0, 0.05) is 12.5 Å². The molecule has 0 amide bonds. The predicted octanol–water partition coefficient (Wildman–Crippen LogP) is 4.28. The van der Waals surface area contributed by atoms with Gasteiger partial charge in [-0.3, -0.25) is 0 Å². The minimum atomic E-state index is -0.421. The van der Waals surface area contributed by atoms with E-state index in [-0.39, 0.29) is 17.2 Å². The Hall–Kier alpha value is -0.780. The van der Waals surface area contributed by atoms with E-state index in [0.29, 0.717) is 6.61 Å². The fourth-order valence-electron chi connectivity index (χ4n) is 4.07. The van der Waals surface area contributed by atoms with Gasteiger partial charge in [0.05, 0.1) is 17.1 Å². The van der Waals surface area contributed by atoms with E-state index in [4.69, 9.17) is 4.74 Å². The zero-order valence-electron chi connectivity index (χ0n) is 14.1. The lowest BCUT2D eigenvalue weighted by atomic mass is 9.63. The zero-order chi connectivity index (χ0) is 17.2. The summed E-state index contributed by atoms with van der Waals surface area (Å²) in [6.45, 7) is 2.72. The molecule has 2 nitrogen and oxygen atoms in total. The summed E-state index contributed by atoms with van der Waals surface area (Å²) in [5.74, 6) is -0.273. The normalized spacial score (nSPS) is 25.8. The molecule has 0 spiro atoms. The van der Waals surface area contributed by atoms with Gasteiger partial charge in [0.25, 0.3) is 0 Å². The highest BCUT2D eigenvalue weighted by Crippen LogP contribution is 2.52. The summed E-state index contributed by atoms with van der Waals surface area (Å²) in [5.41, 5.74) is 3.60. The number of hydrogen-bond acceptors (Lipinski definition) is 2. The zero-order valence-corrected chi connectivity index (χ0v) is 16.4. The minimum absolute atomic E-state index is 0.00588. The number of fused-ring (bicyclic) bond motifs is 1. The van der Waals surface area contributed by atoms with Crippen LogP contribution in [0.25, 0.3) is 0 Å². The number of aliphatic hydroxyl groups is 1. The van der Waals surface area contributed by atoms with Crippen molar-refractivity contribution in [3.05, 3.63) is 71.3 Å². The molecular formula is C20H26O2P2. The van der Waals surface area contributed by atoms with Crippen LogP contribution >= 0.6 is 18.5 Å². The van der Waals surface area contributed by atoms with Crippen molar-refractivity contribution >= 4 is 18.5 Å². The van der Waals surface area contributed by atoms with E-state index in [1.165, 1.54) is 16.7 Å². The van der Waals surface area contributed by atoms with Gasteiger partial charge in [0.1, 0.15) is 0 Å². The molecular weight excluding hydrogens is 334 g/mol. The Morgan fingerprint density at radius 1 is 1.12 bits per heavy atom. The predicted molar refractivity (Wildman–Crippen MR) is 106 cm³/mol. The maximum Gasteiger partial charge on any atom is 0.0844 e. The molecule has 24 heavy (non-hydrogen) atoms. The summed E-state index contributed by atoms with van der Waals surface area (Å²) in [6, 6.07) is 19.2. The molecule has 1 aliphatic carbocycles. The number of rotatable bonds is 5. The van der Waals surface area contributed by atoms with Crippen LogP contribution in [0.4, 0.5) is 0 Å². The van der Waals surface area contributed by atoms with Gasteiger partial charge in [-0.05, 0) is 36.5 Å². The lowest BCUT2D eigenvalue weighted by Crippen LogP contribution is -2.43. The van der Waals surface area contributed by atoms with Crippen LogP contribution in [0.15, 0.2) is 54.6 Å². The molecule has 4 unspecified atom stereocenters. The maximum atomic E-state index is 10.2. The standard InChI is InChI=1S/C20H26O2P2/c1-2-22-19(24)20(14-8-4-3-5-9-14)13-12-16(18(21)23)15-10-6-7-11-17(15)20/h3-11,16,18-19,21H,2,12-13,23-24H2,1H3/t16-,18?,19?,20+/m1/s1. The average molecular weight is 360 g/mol. The summed E-state index contributed by atoms with van der Waals surface area (Å²) < 4.78 is 6.09. The maximum absolute atomic E-state index is 10.2. The summed E-state index contributed by atoms with van der Waals surface area (Å²) >= 11 is 0. The summed E-state index contributed by atoms with van der Waals surface area (Å²) in [5, 5.41) is 10.2. The van der Waals surface area contributed by atoms with Crippen LogP contribution in [-0.2, 0) is 10.2 Å². The van der Waals surface area contributed by atoms with Crippen molar-refractivity contribution in [2.24, 2.45) is 0 Å². The van der Waals surface area contributed by atoms with Crippen molar-refractivity contribution in [3.63, 3.8) is 0 Å². The second kappa shape index (κ2) is 7.63. The SMILES string of the molecule is CCOC(P)[C@]1(c2ccccc2)CC[C@@H](C(O)P)c2ccccc21. The third-order valence-electron chi connectivity index (χ3n) is 5.22. The Labute approximate surface area is 149 Å². The quantitative estimate of drug-likeness (QED) is 0.807. The summed E-state index contributed by atoms with van der Waals surface area (Å²) in [4.78, 5) is 0. The molecule has 0 saturated carbocycles. The van der Waals surface area contributed by atoms with Gasteiger partial charge >= 0.3 is 0 Å². The van der Waals surface area contributed by atoms with Crippen LogP contribution in [0.1, 0.15) is 42.4 Å². The van der Waals surface area contributed by atoms with Crippen molar-refractivity contribution in [1.29, 1.82) is 0 Å². The van der Waals surface area contributed by atoms with E-state index < -0.39 is 5.85 Å².